The fraction of sp³-hybridized carbons (Fsp3) is 0.562. The van der Waals surface area contributed by atoms with Gasteiger partial charge >= 0.3 is 0 Å². The molecule has 1 aliphatic rings. The van der Waals surface area contributed by atoms with E-state index in [1.165, 1.54) is 12.1 Å². The maximum absolute atomic E-state index is 13.2. The van der Waals surface area contributed by atoms with Gasteiger partial charge in [0.1, 0.15) is 5.82 Å². The molecular weight excluding hydrogens is 271 g/mol. The molecule has 1 amide bonds. The van der Waals surface area contributed by atoms with Crippen LogP contribution >= 0.6 is 0 Å². The molecule has 2 atom stereocenters. The minimum atomic E-state index is -0.439. The third kappa shape index (κ3) is 4.51. The molecule has 1 aromatic carbocycles. The van der Waals surface area contributed by atoms with Crippen molar-refractivity contribution in [1.82, 2.24) is 10.2 Å². The average molecular weight is 294 g/mol. The normalized spacial score (nSPS) is 21.5. The molecule has 2 N–H and O–H groups in total. The summed E-state index contributed by atoms with van der Waals surface area (Å²) in [4.78, 5) is 14.3. The first kappa shape index (κ1) is 15.9. The Hall–Kier alpha value is -1.46. The van der Waals surface area contributed by atoms with Gasteiger partial charge in [-0.05, 0) is 37.0 Å². The summed E-state index contributed by atoms with van der Waals surface area (Å²) in [5, 5.41) is 12.6. The van der Waals surface area contributed by atoms with E-state index in [2.05, 4.69) is 5.32 Å². The molecule has 0 saturated carbocycles. The van der Waals surface area contributed by atoms with E-state index in [1.54, 1.807) is 11.0 Å². The summed E-state index contributed by atoms with van der Waals surface area (Å²) in [7, 11) is 0. The third-order valence-electron chi connectivity index (χ3n) is 3.77. The maximum atomic E-state index is 13.2. The van der Waals surface area contributed by atoms with Crippen molar-refractivity contribution >= 4 is 5.91 Å². The number of halogens is 1. The Morgan fingerprint density at radius 3 is 2.90 bits per heavy atom. The van der Waals surface area contributed by atoms with Gasteiger partial charge in [-0.3, -0.25) is 4.79 Å². The van der Waals surface area contributed by atoms with E-state index in [0.29, 0.717) is 32.5 Å². The lowest BCUT2D eigenvalue weighted by atomic mass is 10.1. The number of benzene rings is 1. The predicted molar refractivity (Wildman–Crippen MR) is 79.4 cm³/mol. The van der Waals surface area contributed by atoms with Crippen molar-refractivity contribution in [1.29, 1.82) is 0 Å². The lowest BCUT2D eigenvalue weighted by molar-refractivity contribution is -0.133. The topological polar surface area (TPSA) is 52.6 Å². The zero-order chi connectivity index (χ0) is 15.2. The van der Waals surface area contributed by atoms with E-state index in [0.717, 1.165) is 12.0 Å². The number of aliphatic hydroxyl groups is 1. The Labute approximate surface area is 125 Å². The van der Waals surface area contributed by atoms with Crippen LogP contribution in [-0.4, -0.2) is 47.7 Å². The van der Waals surface area contributed by atoms with Crippen molar-refractivity contribution in [3.8, 4) is 0 Å². The van der Waals surface area contributed by atoms with Gasteiger partial charge in [-0.15, -0.1) is 0 Å². The summed E-state index contributed by atoms with van der Waals surface area (Å²) >= 11 is 0. The lowest BCUT2D eigenvalue weighted by Crippen LogP contribution is -2.44. The molecule has 1 saturated heterocycles. The molecule has 1 heterocycles. The zero-order valence-electron chi connectivity index (χ0n) is 12.4. The third-order valence-corrected chi connectivity index (χ3v) is 3.77. The van der Waals surface area contributed by atoms with Gasteiger partial charge in [-0.25, -0.2) is 4.39 Å². The van der Waals surface area contributed by atoms with Crippen molar-refractivity contribution in [3.63, 3.8) is 0 Å². The van der Waals surface area contributed by atoms with E-state index in [4.69, 9.17) is 0 Å². The standard InChI is InChI=1S/C16H23FN2O2/c1-2-7-19(16(21)15-10-14(20)11-18-15)8-6-12-4-3-5-13(17)9-12/h3-5,9,14-15,18,20H,2,6-8,10-11H2,1H3. The smallest absolute Gasteiger partial charge is 0.239 e. The van der Waals surface area contributed by atoms with Crippen LogP contribution in [0.2, 0.25) is 0 Å². The molecule has 1 aromatic rings. The highest BCUT2D eigenvalue weighted by Gasteiger charge is 2.30. The van der Waals surface area contributed by atoms with Crippen LogP contribution < -0.4 is 5.32 Å². The number of carbonyl (C=O) groups is 1. The molecule has 21 heavy (non-hydrogen) atoms. The SMILES string of the molecule is CCCN(CCc1cccc(F)c1)C(=O)C1CC(O)CN1. The number of hydrogen-bond donors (Lipinski definition) is 2. The van der Waals surface area contributed by atoms with E-state index in [1.807, 2.05) is 13.0 Å². The van der Waals surface area contributed by atoms with Crippen molar-refractivity contribution in [2.45, 2.75) is 38.3 Å². The van der Waals surface area contributed by atoms with Gasteiger partial charge in [0.25, 0.3) is 0 Å². The Morgan fingerprint density at radius 1 is 1.48 bits per heavy atom. The number of hydrogen-bond acceptors (Lipinski definition) is 3. The minimum absolute atomic E-state index is 0.0322. The fourth-order valence-electron chi connectivity index (χ4n) is 2.68. The molecule has 0 bridgehead atoms. The predicted octanol–water partition coefficient (Wildman–Crippen LogP) is 1.33. The van der Waals surface area contributed by atoms with Gasteiger partial charge in [0, 0.05) is 19.6 Å². The first-order valence-electron chi connectivity index (χ1n) is 7.55. The zero-order valence-corrected chi connectivity index (χ0v) is 12.4. The van der Waals surface area contributed by atoms with Gasteiger partial charge < -0.3 is 15.3 Å². The van der Waals surface area contributed by atoms with Crippen molar-refractivity contribution in [3.05, 3.63) is 35.6 Å². The molecule has 116 valence electrons. The van der Waals surface area contributed by atoms with Crippen molar-refractivity contribution in [2.75, 3.05) is 19.6 Å². The second-order valence-electron chi connectivity index (χ2n) is 5.56. The van der Waals surface area contributed by atoms with Crippen LogP contribution in [0.1, 0.15) is 25.3 Å². The molecule has 0 radical (unpaired) electrons. The van der Waals surface area contributed by atoms with E-state index in [-0.39, 0.29) is 17.8 Å². The van der Waals surface area contributed by atoms with E-state index >= 15 is 0 Å². The van der Waals surface area contributed by atoms with Crippen molar-refractivity contribution in [2.24, 2.45) is 0 Å². The summed E-state index contributed by atoms with van der Waals surface area (Å²) in [6.07, 6.45) is 1.55. The molecule has 1 aliphatic heterocycles. The van der Waals surface area contributed by atoms with Crippen LogP contribution in [0, 0.1) is 5.82 Å². The van der Waals surface area contributed by atoms with Crippen LogP contribution in [-0.2, 0) is 11.2 Å². The molecule has 0 spiro atoms. The maximum Gasteiger partial charge on any atom is 0.239 e. The summed E-state index contributed by atoms with van der Waals surface area (Å²) in [5.74, 6) is -0.216. The average Bonchev–Trinajstić information content (AvgIpc) is 2.89. The first-order chi connectivity index (χ1) is 10.1. The summed E-state index contributed by atoms with van der Waals surface area (Å²) in [5.41, 5.74) is 0.892. The van der Waals surface area contributed by atoms with Crippen molar-refractivity contribution < 1.29 is 14.3 Å². The monoisotopic (exact) mass is 294 g/mol. The Balaban J connectivity index is 1.93. The van der Waals surface area contributed by atoms with Gasteiger partial charge in [0.15, 0.2) is 0 Å². The van der Waals surface area contributed by atoms with E-state index in [9.17, 15) is 14.3 Å². The Bertz CT molecular complexity index is 481. The lowest BCUT2D eigenvalue weighted by Gasteiger charge is -2.25. The van der Waals surface area contributed by atoms with Gasteiger partial charge in [0.2, 0.25) is 5.91 Å². The summed E-state index contributed by atoms with van der Waals surface area (Å²) in [6.45, 7) is 3.76. The second kappa shape index (κ2) is 7.52. The molecule has 0 aromatic heterocycles. The summed E-state index contributed by atoms with van der Waals surface area (Å²) < 4.78 is 13.2. The van der Waals surface area contributed by atoms with Gasteiger partial charge in [-0.2, -0.15) is 0 Å². The number of rotatable bonds is 6. The number of amides is 1. The Kier molecular flexibility index (Phi) is 5.70. The number of β-amino-alcohol motifs (C(OH)–C–C–N with tert-alkyl or cyclic N) is 1. The van der Waals surface area contributed by atoms with Crippen LogP contribution in [0.3, 0.4) is 0 Å². The van der Waals surface area contributed by atoms with Crippen LogP contribution in [0.4, 0.5) is 4.39 Å². The fourth-order valence-corrected chi connectivity index (χ4v) is 2.68. The number of carbonyl (C=O) groups excluding carboxylic acids is 1. The first-order valence-corrected chi connectivity index (χ1v) is 7.55. The largest absolute Gasteiger partial charge is 0.392 e. The number of nitrogens with zero attached hydrogens (tertiary/aromatic N) is 1. The molecule has 5 heteroatoms. The van der Waals surface area contributed by atoms with Crippen LogP contribution in [0.5, 0.6) is 0 Å². The molecule has 1 fully saturated rings. The highest BCUT2D eigenvalue weighted by Crippen LogP contribution is 2.12. The van der Waals surface area contributed by atoms with E-state index < -0.39 is 6.10 Å². The second-order valence-corrected chi connectivity index (χ2v) is 5.56. The molecule has 2 rings (SSSR count). The number of aliphatic hydroxyl groups excluding tert-OH is 1. The summed E-state index contributed by atoms with van der Waals surface area (Å²) in [6, 6.07) is 6.19. The highest BCUT2D eigenvalue weighted by molar-refractivity contribution is 5.82. The van der Waals surface area contributed by atoms with Gasteiger partial charge in [-0.1, -0.05) is 19.1 Å². The molecular formula is C16H23FN2O2. The minimum Gasteiger partial charge on any atom is -0.392 e. The highest BCUT2D eigenvalue weighted by atomic mass is 19.1. The molecule has 4 nitrogen and oxygen atoms in total. The Morgan fingerprint density at radius 2 is 2.29 bits per heavy atom. The van der Waals surface area contributed by atoms with Crippen LogP contribution in [0.25, 0.3) is 0 Å². The molecule has 2 unspecified atom stereocenters. The van der Waals surface area contributed by atoms with Crippen LogP contribution in [0.15, 0.2) is 24.3 Å². The quantitative estimate of drug-likeness (QED) is 0.832. The van der Waals surface area contributed by atoms with Gasteiger partial charge in [0.05, 0.1) is 12.1 Å². The molecule has 0 aliphatic carbocycles. The number of nitrogens with one attached hydrogen (secondary N) is 1.